The molecule has 2 aromatic carbocycles. The topological polar surface area (TPSA) is 46.1 Å². The van der Waals surface area contributed by atoms with Crippen LogP contribution in [0, 0.1) is 0 Å². The van der Waals surface area contributed by atoms with Crippen molar-refractivity contribution in [2.75, 3.05) is 13.1 Å². The summed E-state index contributed by atoms with van der Waals surface area (Å²) in [5.74, 6) is 0.239. The summed E-state index contributed by atoms with van der Waals surface area (Å²) in [7, 11) is 0. The van der Waals surface area contributed by atoms with Crippen LogP contribution < -0.4 is 0 Å². The van der Waals surface area contributed by atoms with Gasteiger partial charge in [0.25, 0.3) is 5.91 Å². The van der Waals surface area contributed by atoms with Crippen LogP contribution in [0.4, 0.5) is 0 Å². The Kier molecular flexibility index (Phi) is 5.16. The highest BCUT2D eigenvalue weighted by Gasteiger charge is 2.28. The Morgan fingerprint density at radius 2 is 1.85 bits per heavy atom. The van der Waals surface area contributed by atoms with Gasteiger partial charge in [-0.25, -0.2) is 0 Å². The predicted octanol–water partition coefficient (Wildman–Crippen LogP) is 4.82. The molecule has 27 heavy (non-hydrogen) atoms. The van der Waals surface area contributed by atoms with Crippen molar-refractivity contribution >= 4 is 17.5 Å². The molecule has 0 aliphatic carbocycles. The molecule has 1 aromatic heterocycles. The van der Waals surface area contributed by atoms with Gasteiger partial charge in [0.2, 0.25) is 0 Å². The summed E-state index contributed by atoms with van der Waals surface area (Å²) >= 11 is 6.16. The molecule has 136 valence electrons. The van der Waals surface area contributed by atoms with Crippen LogP contribution in [0.5, 0.6) is 0 Å². The van der Waals surface area contributed by atoms with Crippen LogP contribution in [0.25, 0.3) is 11.3 Å². The number of hydrogen-bond acceptors (Lipinski definition) is 3. The van der Waals surface area contributed by atoms with E-state index in [2.05, 4.69) is 9.97 Å². The molecule has 1 saturated heterocycles. The molecule has 1 amide bonds. The number of hydrogen-bond donors (Lipinski definition) is 0. The molecule has 2 heterocycles. The first-order valence-corrected chi connectivity index (χ1v) is 9.51. The Hall–Kier alpha value is -2.72. The van der Waals surface area contributed by atoms with Gasteiger partial charge < -0.3 is 4.90 Å². The Morgan fingerprint density at radius 1 is 1.04 bits per heavy atom. The van der Waals surface area contributed by atoms with Crippen molar-refractivity contribution in [1.82, 2.24) is 14.9 Å². The van der Waals surface area contributed by atoms with E-state index in [9.17, 15) is 4.79 Å². The fourth-order valence-electron chi connectivity index (χ4n) is 3.65. The van der Waals surface area contributed by atoms with Gasteiger partial charge in [0.15, 0.2) is 0 Å². The van der Waals surface area contributed by atoms with E-state index in [-0.39, 0.29) is 11.8 Å². The van der Waals surface area contributed by atoms with Crippen molar-refractivity contribution in [3.63, 3.8) is 0 Å². The molecule has 0 unspecified atom stereocenters. The van der Waals surface area contributed by atoms with Gasteiger partial charge in [-0.2, -0.15) is 0 Å². The maximum absolute atomic E-state index is 12.8. The molecule has 0 radical (unpaired) electrons. The Morgan fingerprint density at radius 3 is 2.67 bits per heavy atom. The Balaban J connectivity index is 1.62. The summed E-state index contributed by atoms with van der Waals surface area (Å²) in [5, 5.41) is 0.675. The van der Waals surface area contributed by atoms with Crippen molar-refractivity contribution in [2.24, 2.45) is 0 Å². The van der Waals surface area contributed by atoms with Crippen LogP contribution in [0.1, 0.15) is 34.8 Å². The monoisotopic (exact) mass is 377 g/mol. The second kappa shape index (κ2) is 7.89. The number of piperidine rings is 1. The number of carbonyl (C=O) groups excluding carboxylic acids is 1. The van der Waals surface area contributed by atoms with Crippen molar-refractivity contribution in [2.45, 2.75) is 18.8 Å². The van der Waals surface area contributed by atoms with Crippen LogP contribution in [0.3, 0.4) is 0 Å². The van der Waals surface area contributed by atoms with Crippen LogP contribution in [0.2, 0.25) is 5.02 Å². The van der Waals surface area contributed by atoms with Crippen LogP contribution in [0.15, 0.2) is 67.0 Å². The molecule has 1 atom stereocenters. The lowest BCUT2D eigenvalue weighted by Gasteiger charge is -2.33. The van der Waals surface area contributed by atoms with Crippen molar-refractivity contribution in [1.29, 1.82) is 0 Å². The van der Waals surface area contributed by atoms with E-state index >= 15 is 0 Å². The third-order valence-electron chi connectivity index (χ3n) is 4.94. The van der Waals surface area contributed by atoms with Gasteiger partial charge in [-0.15, -0.1) is 0 Å². The number of benzene rings is 2. The van der Waals surface area contributed by atoms with Crippen molar-refractivity contribution in [3.8, 4) is 11.3 Å². The van der Waals surface area contributed by atoms with E-state index in [0.29, 0.717) is 11.6 Å². The quantitative estimate of drug-likeness (QED) is 0.657. The van der Waals surface area contributed by atoms with Gasteiger partial charge in [0.05, 0.1) is 11.4 Å². The Bertz CT molecular complexity index is 945. The fraction of sp³-hybridized carbons (Fsp3) is 0.227. The summed E-state index contributed by atoms with van der Waals surface area (Å²) in [6.07, 6.45) is 5.37. The number of rotatable bonds is 3. The molecule has 0 spiro atoms. The maximum Gasteiger partial charge on any atom is 0.253 e. The number of aromatic nitrogens is 2. The summed E-state index contributed by atoms with van der Waals surface area (Å²) in [4.78, 5) is 24.0. The van der Waals surface area contributed by atoms with Crippen LogP contribution >= 0.6 is 11.6 Å². The zero-order valence-corrected chi connectivity index (χ0v) is 15.6. The van der Waals surface area contributed by atoms with E-state index < -0.39 is 0 Å². The predicted molar refractivity (Wildman–Crippen MR) is 107 cm³/mol. The fourth-order valence-corrected chi connectivity index (χ4v) is 3.84. The van der Waals surface area contributed by atoms with E-state index in [1.54, 1.807) is 12.4 Å². The lowest BCUT2D eigenvalue weighted by molar-refractivity contribution is 0.0706. The maximum atomic E-state index is 12.8. The summed E-state index contributed by atoms with van der Waals surface area (Å²) in [6, 6.07) is 17.1. The molecular formula is C22H20ClN3O. The standard InChI is InChI=1S/C22H20ClN3O/c23-19-10-4-8-17(14-19)20-21(25-12-11-24-20)18-9-5-13-26(15-18)22(27)16-6-2-1-3-7-16/h1-4,6-8,10-12,14,18H,5,9,13,15H2/t18-/m1/s1. The SMILES string of the molecule is O=C(c1ccccc1)N1CCC[C@@H](c2nccnc2-c2cccc(Cl)c2)C1. The average Bonchev–Trinajstić information content (AvgIpc) is 2.74. The third-order valence-corrected chi connectivity index (χ3v) is 5.18. The lowest BCUT2D eigenvalue weighted by atomic mass is 9.91. The highest BCUT2D eigenvalue weighted by Crippen LogP contribution is 2.33. The first-order valence-electron chi connectivity index (χ1n) is 9.13. The van der Waals surface area contributed by atoms with Gasteiger partial charge in [0.1, 0.15) is 0 Å². The van der Waals surface area contributed by atoms with Crippen molar-refractivity contribution in [3.05, 3.63) is 83.3 Å². The zero-order chi connectivity index (χ0) is 18.6. The zero-order valence-electron chi connectivity index (χ0n) is 14.9. The second-order valence-electron chi connectivity index (χ2n) is 6.76. The number of nitrogens with zero attached hydrogens (tertiary/aromatic N) is 3. The lowest BCUT2D eigenvalue weighted by Crippen LogP contribution is -2.39. The molecular weight excluding hydrogens is 358 g/mol. The summed E-state index contributed by atoms with van der Waals surface area (Å²) in [6.45, 7) is 1.43. The van der Waals surface area contributed by atoms with Gasteiger partial charge in [-0.3, -0.25) is 14.8 Å². The van der Waals surface area contributed by atoms with Crippen LogP contribution in [-0.4, -0.2) is 33.9 Å². The number of halogens is 1. The summed E-state index contributed by atoms with van der Waals surface area (Å²) in [5.41, 5.74) is 3.47. The van der Waals surface area contributed by atoms with Gasteiger partial charge in [-0.05, 0) is 37.1 Å². The largest absolute Gasteiger partial charge is 0.338 e. The molecule has 4 nitrogen and oxygen atoms in total. The molecule has 0 saturated carbocycles. The molecule has 4 rings (SSSR count). The van der Waals surface area contributed by atoms with E-state index in [0.717, 1.165) is 41.9 Å². The summed E-state index contributed by atoms with van der Waals surface area (Å²) < 4.78 is 0. The first-order chi connectivity index (χ1) is 13.2. The van der Waals surface area contributed by atoms with E-state index in [1.807, 2.05) is 59.5 Å². The van der Waals surface area contributed by atoms with Crippen LogP contribution in [-0.2, 0) is 0 Å². The van der Waals surface area contributed by atoms with Crippen molar-refractivity contribution < 1.29 is 4.79 Å². The number of carbonyl (C=O) groups is 1. The minimum Gasteiger partial charge on any atom is -0.338 e. The normalized spacial score (nSPS) is 16.9. The van der Waals surface area contributed by atoms with Gasteiger partial charge in [-0.1, -0.05) is 41.9 Å². The molecule has 5 heteroatoms. The molecule has 0 N–H and O–H groups in total. The molecule has 0 bridgehead atoms. The van der Waals surface area contributed by atoms with Gasteiger partial charge in [0, 0.05) is 47.6 Å². The first kappa shape index (κ1) is 17.7. The molecule has 1 aliphatic rings. The average molecular weight is 378 g/mol. The third kappa shape index (κ3) is 3.86. The smallest absolute Gasteiger partial charge is 0.253 e. The highest BCUT2D eigenvalue weighted by atomic mass is 35.5. The molecule has 1 aliphatic heterocycles. The minimum atomic E-state index is 0.0773. The van der Waals surface area contributed by atoms with E-state index in [1.165, 1.54) is 0 Å². The van der Waals surface area contributed by atoms with Gasteiger partial charge >= 0.3 is 0 Å². The minimum absolute atomic E-state index is 0.0773. The number of likely N-dealkylation sites (tertiary alicyclic amines) is 1. The van der Waals surface area contributed by atoms with E-state index in [4.69, 9.17) is 11.6 Å². The second-order valence-corrected chi connectivity index (χ2v) is 7.19. The number of amides is 1. The Labute approximate surface area is 163 Å². The highest BCUT2D eigenvalue weighted by molar-refractivity contribution is 6.30. The molecule has 1 fully saturated rings. The molecule has 3 aromatic rings.